The Morgan fingerprint density at radius 1 is 1.20 bits per heavy atom. The molecule has 0 unspecified atom stereocenters. The molecule has 4 rings (SSSR count). The maximum atomic E-state index is 14.3. The van der Waals surface area contributed by atoms with E-state index >= 15 is 0 Å². The summed E-state index contributed by atoms with van der Waals surface area (Å²) in [6.45, 7) is 0. The minimum absolute atomic E-state index is 0.0202. The van der Waals surface area contributed by atoms with Crippen molar-refractivity contribution in [1.82, 2.24) is 0 Å². The first-order valence-corrected chi connectivity index (χ1v) is 8.19. The van der Waals surface area contributed by atoms with Crippen LogP contribution < -0.4 is 5.32 Å². The number of allylic oxidation sites excluding steroid dienone is 2. The summed E-state index contributed by atoms with van der Waals surface area (Å²) < 4.78 is 28.0. The van der Waals surface area contributed by atoms with Gasteiger partial charge in [0.1, 0.15) is 11.6 Å². The topological polar surface area (TPSA) is 55.2 Å². The van der Waals surface area contributed by atoms with Gasteiger partial charge in [-0.3, -0.25) is 10.1 Å². The average molecular weight is 363 g/mol. The lowest BCUT2D eigenvalue weighted by Gasteiger charge is -2.37. The van der Waals surface area contributed by atoms with Gasteiger partial charge in [-0.25, -0.2) is 8.78 Å². The molecule has 7 heteroatoms. The second-order valence-corrected chi connectivity index (χ2v) is 6.70. The molecular formula is C18H13ClF2N2O2. The van der Waals surface area contributed by atoms with E-state index < -0.39 is 22.6 Å². The maximum Gasteiger partial charge on any atom is 0.269 e. The highest BCUT2D eigenvalue weighted by Gasteiger charge is 2.40. The third-order valence-corrected chi connectivity index (χ3v) is 5.26. The highest BCUT2D eigenvalue weighted by atomic mass is 35.5. The number of benzene rings is 2. The molecule has 2 aliphatic rings. The third-order valence-electron chi connectivity index (χ3n) is 4.91. The number of nitro groups is 1. The Labute approximate surface area is 147 Å². The molecular weight excluding hydrogens is 350 g/mol. The van der Waals surface area contributed by atoms with Crippen LogP contribution in [0.15, 0.2) is 42.5 Å². The van der Waals surface area contributed by atoms with E-state index in [-0.39, 0.29) is 23.2 Å². The van der Waals surface area contributed by atoms with Crippen LogP contribution in [0.5, 0.6) is 0 Å². The summed E-state index contributed by atoms with van der Waals surface area (Å²) in [6, 6.07) is 6.00. The predicted molar refractivity (Wildman–Crippen MR) is 90.8 cm³/mol. The van der Waals surface area contributed by atoms with Gasteiger partial charge in [-0.1, -0.05) is 23.8 Å². The molecule has 0 spiro atoms. The minimum Gasteiger partial charge on any atom is -0.375 e. The molecule has 0 aromatic heterocycles. The van der Waals surface area contributed by atoms with E-state index in [1.54, 1.807) is 0 Å². The molecule has 0 amide bonds. The lowest BCUT2D eigenvalue weighted by atomic mass is 9.77. The molecule has 0 saturated carbocycles. The molecule has 2 aromatic carbocycles. The van der Waals surface area contributed by atoms with Gasteiger partial charge in [0.25, 0.3) is 5.69 Å². The number of non-ortho nitro benzene ring substituents is 1. The highest BCUT2D eigenvalue weighted by Crippen LogP contribution is 2.51. The second-order valence-electron chi connectivity index (χ2n) is 6.29. The van der Waals surface area contributed by atoms with Crippen LogP contribution in [0.2, 0.25) is 5.02 Å². The second kappa shape index (κ2) is 5.81. The summed E-state index contributed by atoms with van der Waals surface area (Å²) >= 11 is 6.28. The molecule has 0 radical (unpaired) electrons. The Morgan fingerprint density at radius 3 is 2.76 bits per heavy atom. The van der Waals surface area contributed by atoms with Crippen LogP contribution in [0.25, 0.3) is 0 Å². The zero-order chi connectivity index (χ0) is 17.7. The van der Waals surface area contributed by atoms with Gasteiger partial charge in [0.05, 0.1) is 16.7 Å². The Kier molecular flexibility index (Phi) is 3.72. The van der Waals surface area contributed by atoms with Crippen molar-refractivity contribution in [2.75, 3.05) is 5.32 Å². The summed E-state index contributed by atoms with van der Waals surface area (Å²) in [5.74, 6) is -1.49. The van der Waals surface area contributed by atoms with Crippen LogP contribution >= 0.6 is 11.6 Å². The largest absolute Gasteiger partial charge is 0.375 e. The highest BCUT2D eigenvalue weighted by molar-refractivity contribution is 6.31. The van der Waals surface area contributed by atoms with E-state index in [2.05, 4.69) is 5.32 Å². The van der Waals surface area contributed by atoms with E-state index in [1.165, 1.54) is 24.3 Å². The van der Waals surface area contributed by atoms with Gasteiger partial charge in [-0.2, -0.15) is 0 Å². The van der Waals surface area contributed by atoms with Crippen molar-refractivity contribution in [1.29, 1.82) is 0 Å². The molecule has 1 aliphatic carbocycles. The number of rotatable bonds is 2. The summed E-state index contributed by atoms with van der Waals surface area (Å²) in [4.78, 5) is 10.6. The van der Waals surface area contributed by atoms with E-state index in [9.17, 15) is 18.9 Å². The van der Waals surface area contributed by atoms with Crippen molar-refractivity contribution in [2.45, 2.75) is 18.4 Å². The Hall–Kier alpha value is -2.47. The molecule has 128 valence electrons. The molecule has 25 heavy (non-hydrogen) atoms. The lowest BCUT2D eigenvalue weighted by Crippen LogP contribution is -2.30. The monoisotopic (exact) mass is 362 g/mol. The van der Waals surface area contributed by atoms with Crippen molar-refractivity contribution in [3.05, 3.63) is 80.4 Å². The van der Waals surface area contributed by atoms with Crippen LogP contribution in [0.3, 0.4) is 0 Å². The Morgan fingerprint density at radius 2 is 2.00 bits per heavy atom. The third kappa shape index (κ3) is 2.57. The zero-order valence-corrected chi connectivity index (χ0v) is 13.6. The molecule has 0 bridgehead atoms. The van der Waals surface area contributed by atoms with Gasteiger partial charge >= 0.3 is 0 Å². The number of nitro benzene ring substituents is 1. The lowest BCUT2D eigenvalue weighted by molar-refractivity contribution is -0.384. The van der Waals surface area contributed by atoms with E-state index in [0.717, 1.165) is 6.07 Å². The zero-order valence-electron chi connectivity index (χ0n) is 12.9. The normalized spacial score (nSPS) is 23.7. The van der Waals surface area contributed by atoms with Gasteiger partial charge in [-0.05, 0) is 30.0 Å². The van der Waals surface area contributed by atoms with Crippen molar-refractivity contribution in [2.24, 2.45) is 5.92 Å². The number of hydrogen-bond acceptors (Lipinski definition) is 3. The number of nitrogens with zero attached hydrogens (tertiary/aromatic N) is 1. The van der Waals surface area contributed by atoms with Gasteiger partial charge in [0, 0.05) is 34.7 Å². The molecule has 1 N–H and O–H groups in total. The molecule has 2 aromatic rings. The first-order chi connectivity index (χ1) is 12.0. The number of hydrogen-bond donors (Lipinski definition) is 1. The van der Waals surface area contributed by atoms with Gasteiger partial charge in [0.2, 0.25) is 0 Å². The van der Waals surface area contributed by atoms with Gasteiger partial charge in [-0.15, -0.1) is 0 Å². The van der Waals surface area contributed by atoms with Crippen LogP contribution in [0.1, 0.15) is 29.5 Å². The smallest absolute Gasteiger partial charge is 0.269 e. The van der Waals surface area contributed by atoms with E-state index in [1.807, 2.05) is 12.2 Å². The Bertz CT molecular complexity index is 916. The van der Waals surface area contributed by atoms with Gasteiger partial charge < -0.3 is 5.32 Å². The standard InChI is InChI=1S/C18H13ClF2N2O2/c19-15-5-4-10(23(24)25)8-14(15)17-12-3-1-2-11(12)13-6-9(20)7-16(21)18(13)22-17/h1-2,4-8,11-12,17,22H,3H2/t11-,12+,17-/m1/s1. The van der Waals surface area contributed by atoms with Crippen molar-refractivity contribution in [3.63, 3.8) is 0 Å². The fourth-order valence-electron chi connectivity index (χ4n) is 3.81. The van der Waals surface area contributed by atoms with Crippen LogP contribution in [0.4, 0.5) is 20.2 Å². The summed E-state index contributed by atoms with van der Waals surface area (Å²) in [7, 11) is 0. The molecule has 0 fully saturated rings. The first-order valence-electron chi connectivity index (χ1n) is 7.81. The molecule has 0 saturated heterocycles. The summed E-state index contributed by atoms with van der Waals surface area (Å²) in [6.07, 6.45) is 4.59. The molecule has 1 heterocycles. The number of halogens is 3. The number of anilines is 1. The average Bonchev–Trinajstić information content (AvgIpc) is 3.05. The summed E-state index contributed by atoms with van der Waals surface area (Å²) in [5.41, 5.74) is 1.26. The van der Waals surface area contributed by atoms with E-state index in [0.29, 0.717) is 22.6 Å². The molecule has 1 aliphatic heterocycles. The number of nitrogens with one attached hydrogen (secondary N) is 1. The fraction of sp³-hybridized carbons (Fsp3) is 0.222. The minimum atomic E-state index is -0.680. The molecule has 4 nitrogen and oxygen atoms in total. The van der Waals surface area contributed by atoms with E-state index in [4.69, 9.17) is 11.6 Å². The first kappa shape index (κ1) is 16.0. The Balaban J connectivity index is 1.85. The van der Waals surface area contributed by atoms with Gasteiger partial charge in [0.15, 0.2) is 0 Å². The predicted octanol–water partition coefficient (Wildman–Crippen LogP) is 5.35. The van der Waals surface area contributed by atoms with Crippen molar-refractivity contribution < 1.29 is 13.7 Å². The maximum absolute atomic E-state index is 14.3. The SMILES string of the molecule is O=[N+]([O-])c1ccc(Cl)c([C@@H]2Nc3c(F)cc(F)cc3[C@@H]3C=CC[C@@H]32)c1. The van der Waals surface area contributed by atoms with Crippen molar-refractivity contribution >= 4 is 23.0 Å². The quantitative estimate of drug-likeness (QED) is 0.445. The summed E-state index contributed by atoms with van der Waals surface area (Å²) in [5, 5.41) is 14.6. The van der Waals surface area contributed by atoms with Crippen LogP contribution in [-0.2, 0) is 0 Å². The van der Waals surface area contributed by atoms with Crippen LogP contribution in [0, 0.1) is 27.7 Å². The van der Waals surface area contributed by atoms with Crippen molar-refractivity contribution in [3.8, 4) is 0 Å². The molecule has 3 atom stereocenters. The van der Waals surface area contributed by atoms with Crippen LogP contribution in [-0.4, -0.2) is 4.92 Å². The number of fused-ring (bicyclic) bond motifs is 3. The fourth-order valence-corrected chi connectivity index (χ4v) is 4.05.